The number of hydrogen-bond donors (Lipinski definition) is 4. The first-order chi connectivity index (χ1) is 13.0. The average Bonchev–Trinajstić information content (AvgIpc) is 2.69. The minimum atomic E-state index is -0.531. The quantitative estimate of drug-likeness (QED) is 0.518. The van der Waals surface area contributed by atoms with Crippen LogP contribution >= 0.6 is 0 Å². The summed E-state index contributed by atoms with van der Waals surface area (Å²) in [6.07, 6.45) is 2.17. The third kappa shape index (κ3) is 3.22. The van der Waals surface area contributed by atoms with Gasteiger partial charge in [0.05, 0.1) is 5.69 Å². The molecule has 2 aromatic heterocycles. The molecule has 0 saturated carbocycles. The van der Waals surface area contributed by atoms with Gasteiger partial charge in [0.2, 0.25) is 5.75 Å². The number of aromatic amines is 1. The zero-order valence-corrected chi connectivity index (χ0v) is 14.4. The van der Waals surface area contributed by atoms with Crippen LogP contribution in [0.5, 0.6) is 17.2 Å². The van der Waals surface area contributed by atoms with Crippen molar-refractivity contribution < 1.29 is 15.3 Å². The second-order valence-electron chi connectivity index (χ2n) is 6.46. The predicted molar refractivity (Wildman–Crippen MR) is 97.3 cm³/mol. The zero-order chi connectivity index (χ0) is 19.0. The molecule has 1 aromatic carbocycles. The molecule has 0 saturated heterocycles. The van der Waals surface area contributed by atoms with Gasteiger partial charge >= 0.3 is 0 Å². The monoisotopic (exact) mass is 366 g/mol. The van der Waals surface area contributed by atoms with Crippen LogP contribution in [0, 0.1) is 0 Å². The Bertz CT molecular complexity index is 1050. The van der Waals surface area contributed by atoms with Gasteiger partial charge in [-0.15, -0.1) is 0 Å². The number of benzene rings is 1. The molecule has 4 N–H and O–H groups in total. The molecule has 1 aliphatic rings. The van der Waals surface area contributed by atoms with Gasteiger partial charge in [-0.25, -0.2) is 4.98 Å². The van der Waals surface area contributed by atoms with Gasteiger partial charge in [-0.1, -0.05) is 12.1 Å². The average molecular weight is 366 g/mol. The van der Waals surface area contributed by atoms with Crippen molar-refractivity contribution in [2.45, 2.75) is 19.5 Å². The fraction of sp³-hybridized carbons (Fsp3) is 0.211. The van der Waals surface area contributed by atoms with Crippen molar-refractivity contribution in [3.63, 3.8) is 0 Å². The Hall–Kier alpha value is -3.39. The molecule has 8 nitrogen and oxygen atoms in total. The molecular formula is C19H18N4O4. The Morgan fingerprint density at radius 1 is 1.11 bits per heavy atom. The van der Waals surface area contributed by atoms with E-state index >= 15 is 0 Å². The van der Waals surface area contributed by atoms with Crippen LogP contribution in [0.25, 0.3) is 11.5 Å². The lowest BCUT2D eigenvalue weighted by atomic mass is 10.0. The summed E-state index contributed by atoms with van der Waals surface area (Å²) in [5, 5.41) is 29.2. The van der Waals surface area contributed by atoms with Gasteiger partial charge in [-0.2, -0.15) is 0 Å². The van der Waals surface area contributed by atoms with Crippen molar-refractivity contribution in [1.29, 1.82) is 0 Å². The first kappa shape index (κ1) is 17.0. The molecule has 0 bridgehead atoms. The van der Waals surface area contributed by atoms with Crippen molar-refractivity contribution in [2.24, 2.45) is 0 Å². The molecule has 0 unspecified atom stereocenters. The maximum atomic E-state index is 12.4. The second-order valence-corrected chi connectivity index (χ2v) is 6.46. The van der Waals surface area contributed by atoms with Crippen molar-refractivity contribution in [3.8, 4) is 28.8 Å². The largest absolute Gasteiger partial charge is 0.504 e. The number of rotatable bonds is 3. The molecule has 0 radical (unpaired) electrons. The summed E-state index contributed by atoms with van der Waals surface area (Å²) < 4.78 is 0. The van der Waals surface area contributed by atoms with Crippen molar-refractivity contribution >= 4 is 0 Å². The van der Waals surface area contributed by atoms with Crippen molar-refractivity contribution in [3.05, 3.63) is 63.7 Å². The molecule has 138 valence electrons. The number of aromatic nitrogens is 3. The van der Waals surface area contributed by atoms with E-state index in [-0.39, 0.29) is 17.1 Å². The van der Waals surface area contributed by atoms with Crippen LogP contribution in [0.15, 0.2) is 41.3 Å². The summed E-state index contributed by atoms with van der Waals surface area (Å²) in [6.45, 7) is 1.40. The third-order valence-corrected chi connectivity index (χ3v) is 4.67. The fourth-order valence-corrected chi connectivity index (χ4v) is 3.23. The third-order valence-electron chi connectivity index (χ3n) is 4.67. The molecule has 0 atom stereocenters. The number of H-pyrrole nitrogens is 1. The molecule has 0 spiro atoms. The number of hydrogen-bond acceptors (Lipinski definition) is 7. The highest BCUT2D eigenvalue weighted by Crippen LogP contribution is 2.37. The van der Waals surface area contributed by atoms with Crippen LogP contribution in [-0.4, -0.2) is 41.7 Å². The SMILES string of the molecule is O=c1[nH]c(-c2ccccn2)nc2c1CCN(Cc1ccc(O)c(O)c1O)C2. The minimum Gasteiger partial charge on any atom is -0.504 e. The Balaban J connectivity index is 1.62. The van der Waals surface area contributed by atoms with Gasteiger partial charge < -0.3 is 20.3 Å². The smallest absolute Gasteiger partial charge is 0.254 e. The number of nitrogens with zero attached hydrogens (tertiary/aromatic N) is 3. The maximum absolute atomic E-state index is 12.4. The molecule has 0 amide bonds. The number of pyridine rings is 1. The highest BCUT2D eigenvalue weighted by Gasteiger charge is 2.23. The maximum Gasteiger partial charge on any atom is 0.254 e. The summed E-state index contributed by atoms with van der Waals surface area (Å²) in [4.78, 5) is 26.0. The second kappa shape index (κ2) is 6.73. The van der Waals surface area contributed by atoms with Gasteiger partial charge in [-0.3, -0.25) is 14.7 Å². The number of nitrogens with one attached hydrogen (secondary N) is 1. The Morgan fingerprint density at radius 3 is 2.74 bits per heavy atom. The van der Waals surface area contributed by atoms with E-state index in [1.54, 1.807) is 24.4 Å². The molecule has 0 aliphatic carbocycles. The van der Waals surface area contributed by atoms with E-state index in [1.165, 1.54) is 6.07 Å². The van der Waals surface area contributed by atoms with Gasteiger partial charge in [0.25, 0.3) is 5.56 Å². The van der Waals surface area contributed by atoms with Crippen molar-refractivity contribution in [1.82, 2.24) is 19.9 Å². The van der Waals surface area contributed by atoms with Crippen molar-refractivity contribution in [2.75, 3.05) is 6.54 Å². The Labute approximate surface area is 154 Å². The standard InChI is InChI=1S/C19H18N4O4/c24-15-5-4-11(16(25)17(15)26)9-23-8-6-12-14(10-23)21-18(22-19(12)27)13-3-1-2-7-20-13/h1-5,7,24-26H,6,8-10H2,(H,21,22,27). The summed E-state index contributed by atoms with van der Waals surface area (Å²) >= 11 is 0. The molecule has 27 heavy (non-hydrogen) atoms. The fourth-order valence-electron chi connectivity index (χ4n) is 3.23. The van der Waals surface area contributed by atoms with Gasteiger partial charge in [0.1, 0.15) is 5.69 Å². The molecular weight excluding hydrogens is 348 g/mol. The van der Waals surface area contributed by atoms with E-state index in [0.29, 0.717) is 54.4 Å². The number of phenols is 3. The summed E-state index contributed by atoms with van der Waals surface area (Å²) in [5.41, 5.74) is 2.25. The zero-order valence-electron chi connectivity index (χ0n) is 14.4. The molecule has 0 fully saturated rings. The molecule has 3 heterocycles. The van der Waals surface area contributed by atoms with Crippen LogP contribution in [0.1, 0.15) is 16.8 Å². The Kier molecular flexibility index (Phi) is 4.25. The number of aromatic hydroxyl groups is 3. The van der Waals surface area contributed by atoms with E-state index in [0.717, 1.165) is 0 Å². The van der Waals surface area contributed by atoms with Crippen LogP contribution < -0.4 is 5.56 Å². The topological polar surface area (TPSA) is 123 Å². The number of fused-ring (bicyclic) bond motifs is 1. The molecule has 3 aromatic rings. The summed E-state index contributed by atoms with van der Waals surface area (Å²) in [6, 6.07) is 8.30. The van der Waals surface area contributed by atoms with Gasteiger partial charge in [0.15, 0.2) is 17.3 Å². The van der Waals surface area contributed by atoms with E-state index in [2.05, 4.69) is 15.0 Å². The molecule has 8 heteroatoms. The van der Waals surface area contributed by atoms with Crippen LogP contribution in [0.4, 0.5) is 0 Å². The summed E-state index contributed by atoms with van der Waals surface area (Å²) in [7, 11) is 0. The van der Waals surface area contributed by atoms with Crippen LogP contribution in [0.3, 0.4) is 0 Å². The van der Waals surface area contributed by atoms with Gasteiger partial charge in [-0.05, 0) is 24.6 Å². The van der Waals surface area contributed by atoms with Crippen LogP contribution in [-0.2, 0) is 19.5 Å². The molecule has 4 rings (SSSR count). The first-order valence-electron chi connectivity index (χ1n) is 8.51. The van der Waals surface area contributed by atoms with Gasteiger partial charge in [0, 0.05) is 37.0 Å². The van der Waals surface area contributed by atoms with E-state index < -0.39 is 5.75 Å². The highest BCUT2D eigenvalue weighted by molar-refractivity contribution is 5.53. The van der Waals surface area contributed by atoms with Crippen LogP contribution in [0.2, 0.25) is 0 Å². The predicted octanol–water partition coefficient (Wildman–Crippen LogP) is 1.51. The first-order valence-corrected chi connectivity index (χ1v) is 8.51. The lowest BCUT2D eigenvalue weighted by molar-refractivity contribution is 0.236. The lowest BCUT2D eigenvalue weighted by Gasteiger charge is -2.28. The highest BCUT2D eigenvalue weighted by atomic mass is 16.3. The Morgan fingerprint density at radius 2 is 1.96 bits per heavy atom. The van der Waals surface area contributed by atoms with E-state index in [4.69, 9.17) is 0 Å². The lowest BCUT2D eigenvalue weighted by Crippen LogP contribution is -2.35. The van der Waals surface area contributed by atoms with E-state index in [9.17, 15) is 20.1 Å². The normalized spacial score (nSPS) is 14.1. The minimum absolute atomic E-state index is 0.162. The van der Waals surface area contributed by atoms with E-state index in [1.807, 2.05) is 11.0 Å². The molecule has 1 aliphatic heterocycles. The summed E-state index contributed by atoms with van der Waals surface area (Å²) in [5.74, 6) is -0.814. The number of phenolic OH excluding ortho intramolecular Hbond substituents is 3.